The molecule has 1 atom stereocenters. The number of hydrogen-bond donors (Lipinski definition) is 1. The molecule has 1 N–H and O–H groups in total. The van der Waals surface area contributed by atoms with Crippen molar-refractivity contribution in [1.82, 2.24) is 14.8 Å². The normalized spacial score (nSPS) is 12.3. The molecule has 0 aliphatic heterocycles. The number of nitro groups is 1. The van der Waals surface area contributed by atoms with Crippen molar-refractivity contribution in [1.29, 1.82) is 0 Å². The van der Waals surface area contributed by atoms with E-state index >= 15 is 0 Å². The highest BCUT2D eigenvalue weighted by Crippen LogP contribution is 2.18. The Hall–Kier alpha value is -2.28. The lowest BCUT2D eigenvalue weighted by atomic mass is 10.2. The highest BCUT2D eigenvalue weighted by atomic mass is 16.6. The molecule has 0 aliphatic rings. The average molecular weight is 248 g/mol. The van der Waals surface area contributed by atoms with E-state index in [0.29, 0.717) is 17.9 Å². The quantitative estimate of drug-likeness (QED) is 0.648. The molecule has 7 heteroatoms. The van der Waals surface area contributed by atoms with E-state index in [1.54, 1.807) is 19.1 Å². The van der Waals surface area contributed by atoms with E-state index in [1.165, 1.54) is 23.1 Å². The van der Waals surface area contributed by atoms with Crippen LogP contribution >= 0.6 is 0 Å². The number of aliphatic hydroxyl groups excluding tert-OH is 1. The Morgan fingerprint density at radius 2 is 2.11 bits per heavy atom. The van der Waals surface area contributed by atoms with Crippen molar-refractivity contribution in [3.8, 4) is 11.4 Å². The number of benzene rings is 1. The van der Waals surface area contributed by atoms with E-state index in [9.17, 15) is 15.2 Å². The van der Waals surface area contributed by atoms with Crippen molar-refractivity contribution in [2.24, 2.45) is 0 Å². The Kier molecular flexibility index (Phi) is 3.33. The third-order valence-electron chi connectivity index (χ3n) is 2.32. The Labute approximate surface area is 103 Å². The summed E-state index contributed by atoms with van der Waals surface area (Å²) >= 11 is 0. The average Bonchev–Trinajstić information content (AvgIpc) is 2.76. The van der Waals surface area contributed by atoms with E-state index in [-0.39, 0.29) is 5.69 Å². The zero-order valence-corrected chi connectivity index (χ0v) is 9.72. The van der Waals surface area contributed by atoms with E-state index in [0.717, 1.165) is 0 Å². The van der Waals surface area contributed by atoms with Gasteiger partial charge in [0, 0.05) is 17.7 Å². The molecular formula is C11H12N4O3. The van der Waals surface area contributed by atoms with Gasteiger partial charge in [0.1, 0.15) is 6.33 Å². The largest absolute Gasteiger partial charge is 0.391 e. The lowest BCUT2D eigenvalue weighted by Gasteiger charge is -2.01. The lowest BCUT2D eigenvalue weighted by molar-refractivity contribution is -0.384. The van der Waals surface area contributed by atoms with Gasteiger partial charge in [-0.05, 0) is 19.1 Å². The summed E-state index contributed by atoms with van der Waals surface area (Å²) in [7, 11) is 0. The van der Waals surface area contributed by atoms with Crippen LogP contribution in [-0.4, -0.2) is 30.9 Å². The fourth-order valence-corrected chi connectivity index (χ4v) is 1.52. The first-order valence-corrected chi connectivity index (χ1v) is 5.38. The molecule has 1 aromatic carbocycles. The zero-order valence-electron chi connectivity index (χ0n) is 9.72. The molecule has 0 bridgehead atoms. The third-order valence-corrected chi connectivity index (χ3v) is 2.32. The van der Waals surface area contributed by atoms with Crippen LogP contribution in [0, 0.1) is 10.1 Å². The summed E-state index contributed by atoms with van der Waals surface area (Å²) in [5.74, 6) is 0.477. The third kappa shape index (κ3) is 2.69. The lowest BCUT2D eigenvalue weighted by Crippen LogP contribution is -2.11. The summed E-state index contributed by atoms with van der Waals surface area (Å²) in [6, 6.07) is 6.01. The van der Waals surface area contributed by atoms with Crippen LogP contribution in [-0.2, 0) is 6.54 Å². The SMILES string of the molecule is C[C@H](O)Cn1cnc(-c2ccc([N+](=O)[O-])cc2)n1. The standard InChI is InChI=1S/C11H12N4O3/c1-8(16)6-14-7-12-11(13-14)9-2-4-10(5-3-9)15(17)18/h2-5,7-8,16H,6H2,1H3/t8-/m0/s1. The van der Waals surface area contributed by atoms with Crippen LogP contribution in [0.3, 0.4) is 0 Å². The van der Waals surface area contributed by atoms with Crippen molar-refractivity contribution in [2.45, 2.75) is 19.6 Å². The molecule has 0 unspecified atom stereocenters. The highest BCUT2D eigenvalue weighted by molar-refractivity contribution is 5.56. The van der Waals surface area contributed by atoms with Gasteiger partial charge < -0.3 is 5.11 Å². The van der Waals surface area contributed by atoms with E-state index in [2.05, 4.69) is 10.1 Å². The monoisotopic (exact) mass is 248 g/mol. The molecule has 18 heavy (non-hydrogen) atoms. The summed E-state index contributed by atoms with van der Waals surface area (Å²) in [6.07, 6.45) is 1.01. The smallest absolute Gasteiger partial charge is 0.269 e. The molecule has 1 aromatic heterocycles. The molecule has 0 saturated heterocycles. The van der Waals surface area contributed by atoms with Gasteiger partial charge in [-0.3, -0.25) is 10.1 Å². The molecule has 2 aromatic rings. The molecule has 0 spiro atoms. The molecule has 0 amide bonds. The number of non-ortho nitro benzene ring substituents is 1. The van der Waals surface area contributed by atoms with Crippen LogP contribution in [0.25, 0.3) is 11.4 Å². The van der Waals surface area contributed by atoms with Crippen LogP contribution in [0.4, 0.5) is 5.69 Å². The van der Waals surface area contributed by atoms with Crippen LogP contribution in [0.2, 0.25) is 0 Å². The van der Waals surface area contributed by atoms with Crippen LogP contribution in [0.1, 0.15) is 6.92 Å². The molecular weight excluding hydrogens is 236 g/mol. The summed E-state index contributed by atoms with van der Waals surface area (Å²) in [5.41, 5.74) is 0.729. The molecule has 0 radical (unpaired) electrons. The van der Waals surface area contributed by atoms with Crippen molar-refractivity contribution in [2.75, 3.05) is 0 Å². The first kappa shape index (κ1) is 12.2. The van der Waals surface area contributed by atoms with Crippen LogP contribution in [0.5, 0.6) is 0 Å². The molecule has 7 nitrogen and oxygen atoms in total. The second-order valence-corrected chi connectivity index (χ2v) is 3.94. The Morgan fingerprint density at radius 1 is 1.44 bits per heavy atom. The van der Waals surface area contributed by atoms with Gasteiger partial charge in [-0.1, -0.05) is 0 Å². The molecule has 2 rings (SSSR count). The van der Waals surface area contributed by atoms with Gasteiger partial charge in [-0.15, -0.1) is 0 Å². The number of aromatic nitrogens is 3. The minimum absolute atomic E-state index is 0.0298. The first-order valence-electron chi connectivity index (χ1n) is 5.38. The molecule has 0 saturated carbocycles. The van der Waals surface area contributed by atoms with Crippen LogP contribution in [0.15, 0.2) is 30.6 Å². The maximum absolute atomic E-state index is 10.5. The van der Waals surface area contributed by atoms with Gasteiger partial charge in [0.2, 0.25) is 0 Å². The number of hydrogen-bond acceptors (Lipinski definition) is 5. The fourth-order valence-electron chi connectivity index (χ4n) is 1.52. The van der Waals surface area contributed by atoms with E-state index < -0.39 is 11.0 Å². The Bertz CT molecular complexity index is 548. The van der Waals surface area contributed by atoms with E-state index in [4.69, 9.17) is 0 Å². The maximum atomic E-state index is 10.5. The number of aliphatic hydroxyl groups is 1. The summed E-state index contributed by atoms with van der Waals surface area (Å²) in [6.45, 7) is 2.02. The van der Waals surface area contributed by atoms with Gasteiger partial charge in [-0.2, -0.15) is 5.10 Å². The number of rotatable bonds is 4. The molecule has 94 valence electrons. The highest BCUT2D eigenvalue weighted by Gasteiger charge is 2.08. The molecule has 0 aliphatic carbocycles. The molecule has 0 fully saturated rings. The Morgan fingerprint density at radius 3 is 2.67 bits per heavy atom. The predicted octanol–water partition coefficient (Wildman–Crippen LogP) is 1.23. The van der Waals surface area contributed by atoms with Gasteiger partial charge in [0.15, 0.2) is 5.82 Å². The first-order chi connectivity index (χ1) is 8.56. The van der Waals surface area contributed by atoms with E-state index in [1.807, 2.05) is 0 Å². The van der Waals surface area contributed by atoms with Gasteiger partial charge in [0.05, 0.1) is 17.6 Å². The van der Waals surface area contributed by atoms with Crippen molar-refractivity contribution in [3.63, 3.8) is 0 Å². The van der Waals surface area contributed by atoms with Crippen molar-refractivity contribution in [3.05, 3.63) is 40.7 Å². The minimum atomic E-state index is -0.503. The second kappa shape index (κ2) is 4.92. The fraction of sp³-hybridized carbons (Fsp3) is 0.273. The summed E-state index contributed by atoms with van der Waals surface area (Å²) < 4.78 is 1.53. The maximum Gasteiger partial charge on any atom is 0.269 e. The van der Waals surface area contributed by atoms with Gasteiger partial charge >= 0.3 is 0 Å². The topological polar surface area (TPSA) is 94.1 Å². The predicted molar refractivity (Wildman–Crippen MR) is 63.8 cm³/mol. The summed E-state index contributed by atoms with van der Waals surface area (Å²) in [4.78, 5) is 14.1. The zero-order chi connectivity index (χ0) is 13.1. The van der Waals surface area contributed by atoms with Crippen LogP contribution < -0.4 is 0 Å². The number of nitro benzene ring substituents is 1. The van der Waals surface area contributed by atoms with Gasteiger partial charge in [-0.25, -0.2) is 9.67 Å². The molecule has 1 heterocycles. The Balaban J connectivity index is 2.20. The van der Waals surface area contributed by atoms with Crippen molar-refractivity contribution >= 4 is 5.69 Å². The second-order valence-electron chi connectivity index (χ2n) is 3.94. The van der Waals surface area contributed by atoms with Crippen molar-refractivity contribution < 1.29 is 10.0 Å². The summed E-state index contributed by atoms with van der Waals surface area (Å²) in [5, 5.41) is 23.9. The minimum Gasteiger partial charge on any atom is -0.391 e. The van der Waals surface area contributed by atoms with Gasteiger partial charge in [0.25, 0.3) is 5.69 Å². The number of nitrogens with zero attached hydrogens (tertiary/aromatic N) is 4.